The van der Waals surface area contributed by atoms with E-state index in [4.69, 9.17) is 0 Å². The molecule has 1 N–H and O–H groups in total. The van der Waals surface area contributed by atoms with Gasteiger partial charge in [0.15, 0.2) is 0 Å². The van der Waals surface area contributed by atoms with Gasteiger partial charge in [-0.05, 0) is 39.4 Å². The maximum absolute atomic E-state index is 3.45. The van der Waals surface area contributed by atoms with Crippen molar-refractivity contribution in [2.75, 3.05) is 20.1 Å². The van der Waals surface area contributed by atoms with Crippen LogP contribution in [0.25, 0.3) is 0 Å². The van der Waals surface area contributed by atoms with Crippen molar-refractivity contribution in [1.29, 1.82) is 0 Å². The van der Waals surface area contributed by atoms with Gasteiger partial charge in [0.05, 0.1) is 0 Å². The van der Waals surface area contributed by atoms with Crippen LogP contribution in [-0.2, 0) is 0 Å². The number of nitrogens with zero attached hydrogens (tertiary/aromatic N) is 1. The third kappa shape index (κ3) is 3.25. The molecule has 0 aromatic rings. The first-order valence-corrected chi connectivity index (χ1v) is 6.23. The molecule has 0 aromatic carbocycles. The molecule has 2 heteroatoms. The van der Waals surface area contributed by atoms with Gasteiger partial charge in [0.2, 0.25) is 0 Å². The molecular weight excluding hydrogens is 172 g/mol. The Morgan fingerprint density at radius 3 is 2.36 bits per heavy atom. The Hall–Kier alpha value is -0.0800. The molecule has 2 unspecified atom stereocenters. The Labute approximate surface area is 89.1 Å². The summed E-state index contributed by atoms with van der Waals surface area (Å²) < 4.78 is 0. The highest BCUT2D eigenvalue weighted by Gasteiger charge is 2.22. The van der Waals surface area contributed by atoms with Crippen LogP contribution in [0.15, 0.2) is 0 Å². The lowest BCUT2D eigenvalue weighted by Crippen LogP contribution is -2.39. The zero-order valence-corrected chi connectivity index (χ0v) is 10.1. The lowest BCUT2D eigenvalue weighted by Gasteiger charge is -2.30. The van der Waals surface area contributed by atoms with Crippen molar-refractivity contribution in [3.05, 3.63) is 0 Å². The Balaban J connectivity index is 2.48. The second-order valence-electron chi connectivity index (χ2n) is 4.38. The Bertz CT molecular complexity index is 143. The highest BCUT2D eigenvalue weighted by atomic mass is 15.1. The largest absolute Gasteiger partial charge is 0.317 e. The number of hydrogen-bond donors (Lipinski definition) is 1. The molecular formula is C12H26N2. The summed E-state index contributed by atoms with van der Waals surface area (Å²) in [6.07, 6.45) is 6.94. The van der Waals surface area contributed by atoms with Gasteiger partial charge in [-0.2, -0.15) is 0 Å². The highest BCUT2D eigenvalue weighted by molar-refractivity contribution is 4.80. The molecule has 1 rings (SSSR count). The molecule has 0 radical (unpaired) electrons. The Kier molecular flexibility index (Phi) is 5.49. The fraction of sp³-hybridized carbons (Fsp3) is 1.00. The predicted molar refractivity (Wildman–Crippen MR) is 62.6 cm³/mol. The van der Waals surface area contributed by atoms with E-state index in [0.29, 0.717) is 0 Å². The third-order valence-corrected chi connectivity index (χ3v) is 3.63. The maximum atomic E-state index is 3.45. The van der Waals surface area contributed by atoms with E-state index in [1.54, 1.807) is 0 Å². The fourth-order valence-electron chi connectivity index (χ4n) is 2.67. The fourth-order valence-corrected chi connectivity index (χ4v) is 2.67. The third-order valence-electron chi connectivity index (χ3n) is 3.63. The van der Waals surface area contributed by atoms with Crippen LogP contribution >= 0.6 is 0 Å². The van der Waals surface area contributed by atoms with E-state index in [-0.39, 0.29) is 0 Å². The average molecular weight is 198 g/mol. The molecule has 0 saturated heterocycles. The average Bonchev–Trinajstić information content (AvgIpc) is 2.45. The zero-order valence-electron chi connectivity index (χ0n) is 10.1. The van der Waals surface area contributed by atoms with Gasteiger partial charge >= 0.3 is 0 Å². The van der Waals surface area contributed by atoms with Gasteiger partial charge in [-0.25, -0.2) is 0 Å². The van der Waals surface area contributed by atoms with E-state index in [1.165, 1.54) is 45.2 Å². The van der Waals surface area contributed by atoms with Crippen LogP contribution in [0.4, 0.5) is 0 Å². The lowest BCUT2D eigenvalue weighted by atomic mass is 10.0. The van der Waals surface area contributed by atoms with Crippen molar-refractivity contribution < 1.29 is 0 Å². The number of rotatable bonds is 4. The summed E-state index contributed by atoms with van der Waals surface area (Å²) >= 11 is 0. The summed E-state index contributed by atoms with van der Waals surface area (Å²) in [5.74, 6) is 0. The number of hydrogen-bond acceptors (Lipinski definition) is 2. The minimum Gasteiger partial charge on any atom is -0.317 e. The number of nitrogens with one attached hydrogen (secondary N) is 1. The van der Waals surface area contributed by atoms with Crippen molar-refractivity contribution in [2.24, 2.45) is 0 Å². The Morgan fingerprint density at radius 1 is 1.14 bits per heavy atom. The molecule has 0 spiro atoms. The van der Waals surface area contributed by atoms with E-state index in [9.17, 15) is 0 Å². The molecule has 0 bridgehead atoms. The topological polar surface area (TPSA) is 15.3 Å². The van der Waals surface area contributed by atoms with Crippen molar-refractivity contribution in [3.8, 4) is 0 Å². The van der Waals surface area contributed by atoms with Crippen molar-refractivity contribution in [3.63, 3.8) is 0 Å². The first kappa shape index (κ1) is 12.0. The van der Waals surface area contributed by atoms with Crippen LogP contribution in [0, 0.1) is 0 Å². The molecule has 1 aliphatic rings. The summed E-state index contributed by atoms with van der Waals surface area (Å²) in [6.45, 7) is 6.97. The first-order valence-electron chi connectivity index (χ1n) is 6.23. The van der Waals surface area contributed by atoms with Gasteiger partial charge in [0.25, 0.3) is 0 Å². The van der Waals surface area contributed by atoms with E-state index >= 15 is 0 Å². The maximum Gasteiger partial charge on any atom is 0.0110 e. The van der Waals surface area contributed by atoms with Crippen LogP contribution in [-0.4, -0.2) is 37.1 Å². The summed E-state index contributed by atoms with van der Waals surface area (Å²) in [5, 5.41) is 3.45. The molecule has 1 saturated carbocycles. The van der Waals surface area contributed by atoms with Crippen LogP contribution in [0.5, 0.6) is 0 Å². The SMILES string of the molecule is CCN(CC)C1CCCCC(NC)C1. The molecule has 14 heavy (non-hydrogen) atoms. The quantitative estimate of drug-likeness (QED) is 0.697. The summed E-state index contributed by atoms with van der Waals surface area (Å²) in [4.78, 5) is 2.62. The van der Waals surface area contributed by atoms with Crippen LogP contribution < -0.4 is 5.32 Å². The van der Waals surface area contributed by atoms with Crippen molar-refractivity contribution >= 4 is 0 Å². The predicted octanol–water partition coefficient (Wildman–Crippen LogP) is 2.25. The Morgan fingerprint density at radius 2 is 1.79 bits per heavy atom. The molecule has 0 amide bonds. The lowest BCUT2D eigenvalue weighted by molar-refractivity contribution is 0.189. The molecule has 0 aromatic heterocycles. The first-order chi connectivity index (χ1) is 6.81. The standard InChI is InChI=1S/C12H26N2/c1-4-14(5-2)12-9-7-6-8-11(10-12)13-3/h11-13H,4-10H2,1-3H3. The van der Waals surface area contributed by atoms with Crippen LogP contribution in [0.2, 0.25) is 0 Å². The highest BCUT2D eigenvalue weighted by Crippen LogP contribution is 2.21. The summed E-state index contributed by atoms with van der Waals surface area (Å²) in [7, 11) is 2.11. The van der Waals surface area contributed by atoms with E-state index in [1.807, 2.05) is 0 Å². The normalized spacial score (nSPS) is 29.1. The van der Waals surface area contributed by atoms with E-state index in [0.717, 1.165) is 12.1 Å². The second kappa shape index (κ2) is 6.41. The minimum absolute atomic E-state index is 0.753. The van der Waals surface area contributed by atoms with Crippen molar-refractivity contribution in [1.82, 2.24) is 10.2 Å². The van der Waals surface area contributed by atoms with E-state index in [2.05, 4.69) is 31.1 Å². The summed E-state index contributed by atoms with van der Waals surface area (Å²) in [6, 6.07) is 1.58. The van der Waals surface area contributed by atoms with Crippen molar-refractivity contribution in [2.45, 2.75) is 58.0 Å². The van der Waals surface area contributed by atoms with Crippen LogP contribution in [0.1, 0.15) is 46.0 Å². The van der Waals surface area contributed by atoms with Gasteiger partial charge in [0.1, 0.15) is 0 Å². The van der Waals surface area contributed by atoms with Gasteiger partial charge in [-0.15, -0.1) is 0 Å². The monoisotopic (exact) mass is 198 g/mol. The molecule has 2 atom stereocenters. The molecule has 84 valence electrons. The van der Waals surface area contributed by atoms with Crippen LogP contribution in [0.3, 0.4) is 0 Å². The van der Waals surface area contributed by atoms with E-state index < -0.39 is 0 Å². The minimum atomic E-state index is 0.753. The molecule has 1 aliphatic carbocycles. The van der Waals surface area contributed by atoms with Gasteiger partial charge in [0, 0.05) is 12.1 Å². The smallest absolute Gasteiger partial charge is 0.0110 e. The molecule has 2 nitrogen and oxygen atoms in total. The second-order valence-corrected chi connectivity index (χ2v) is 4.38. The molecule has 1 fully saturated rings. The molecule has 0 heterocycles. The van der Waals surface area contributed by atoms with Gasteiger partial charge in [-0.3, -0.25) is 0 Å². The summed E-state index contributed by atoms with van der Waals surface area (Å²) in [5.41, 5.74) is 0. The zero-order chi connectivity index (χ0) is 10.4. The van der Waals surface area contributed by atoms with Gasteiger partial charge in [-0.1, -0.05) is 26.7 Å². The van der Waals surface area contributed by atoms with Gasteiger partial charge < -0.3 is 10.2 Å². The molecule has 0 aliphatic heterocycles.